The van der Waals surface area contributed by atoms with Crippen molar-refractivity contribution >= 4 is 17.9 Å². The Morgan fingerprint density at radius 2 is 1.00 bits per heavy atom. The van der Waals surface area contributed by atoms with E-state index in [1.165, 1.54) is 0 Å². The molecule has 0 atom stereocenters. The standard InChI is InChI=1S/C41H40O9/c1-3-4-39(42)48-36-19-13-32(14-20-36)33-17-23-38(24-18-33)50-41(44)35-11-9-34(10-12-35)40(43)49-37-21-15-31(16-22-37)30-7-5-29(6-8-30)27-47-28-46-26-25-45-2/h5-8,13-24,34-35H,9-12,25-28H2,1-2H3. The van der Waals surface area contributed by atoms with Crippen LogP contribution in [-0.4, -0.2) is 45.0 Å². The molecular weight excluding hydrogens is 636 g/mol. The third-order valence-corrected chi connectivity index (χ3v) is 8.32. The third-order valence-electron chi connectivity index (χ3n) is 8.32. The number of carbonyl (C=O) groups excluding carboxylic acids is 3. The van der Waals surface area contributed by atoms with Crippen LogP contribution >= 0.6 is 0 Å². The van der Waals surface area contributed by atoms with Crippen molar-refractivity contribution in [3.05, 3.63) is 103 Å². The summed E-state index contributed by atoms with van der Waals surface area (Å²) in [5, 5.41) is 0. The van der Waals surface area contributed by atoms with Crippen molar-refractivity contribution in [1.29, 1.82) is 0 Å². The highest BCUT2D eigenvalue weighted by molar-refractivity contribution is 5.90. The molecule has 0 heterocycles. The first-order chi connectivity index (χ1) is 24.4. The number of hydrogen-bond donors (Lipinski definition) is 0. The van der Waals surface area contributed by atoms with E-state index in [0.717, 1.165) is 27.8 Å². The molecule has 0 bridgehead atoms. The number of hydrogen-bond acceptors (Lipinski definition) is 9. The lowest BCUT2D eigenvalue weighted by molar-refractivity contribution is -0.145. The highest BCUT2D eigenvalue weighted by atomic mass is 16.7. The number of rotatable bonds is 14. The molecule has 0 saturated heterocycles. The molecule has 5 rings (SSSR count). The molecule has 0 aliphatic heterocycles. The van der Waals surface area contributed by atoms with E-state index >= 15 is 0 Å². The van der Waals surface area contributed by atoms with Gasteiger partial charge in [0.15, 0.2) is 0 Å². The number of ether oxygens (including phenoxy) is 6. The summed E-state index contributed by atoms with van der Waals surface area (Å²) in [5.74, 6) is 4.46. The Bertz CT molecular complexity index is 1760. The molecule has 9 nitrogen and oxygen atoms in total. The molecule has 9 heteroatoms. The van der Waals surface area contributed by atoms with E-state index in [9.17, 15) is 14.4 Å². The van der Waals surface area contributed by atoms with Crippen molar-refractivity contribution in [2.45, 2.75) is 39.2 Å². The van der Waals surface area contributed by atoms with Gasteiger partial charge in [0.1, 0.15) is 24.0 Å². The van der Waals surface area contributed by atoms with Crippen molar-refractivity contribution in [2.75, 3.05) is 27.1 Å². The molecular formula is C41H40O9. The van der Waals surface area contributed by atoms with E-state index in [4.69, 9.17) is 28.4 Å². The average Bonchev–Trinajstić information content (AvgIpc) is 3.14. The lowest BCUT2D eigenvalue weighted by atomic mass is 9.82. The normalized spacial score (nSPS) is 15.3. The minimum absolute atomic E-state index is 0.215. The topological polar surface area (TPSA) is 107 Å². The third kappa shape index (κ3) is 10.6. The van der Waals surface area contributed by atoms with Crippen LogP contribution in [0.3, 0.4) is 0 Å². The summed E-state index contributed by atoms with van der Waals surface area (Å²) in [6.07, 6.45) is 2.22. The maximum absolute atomic E-state index is 12.9. The van der Waals surface area contributed by atoms with Crippen molar-refractivity contribution in [2.24, 2.45) is 11.8 Å². The van der Waals surface area contributed by atoms with Gasteiger partial charge in [-0.1, -0.05) is 66.6 Å². The zero-order valence-electron chi connectivity index (χ0n) is 28.2. The summed E-state index contributed by atoms with van der Waals surface area (Å²) in [7, 11) is 1.63. The highest BCUT2D eigenvalue weighted by Crippen LogP contribution is 2.32. The van der Waals surface area contributed by atoms with Crippen LogP contribution in [0, 0.1) is 23.7 Å². The average molecular weight is 677 g/mol. The van der Waals surface area contributed by atoms with Crippen LogP contribution in [0.5, 0.6) is 17.2 Å². The van der Waals surface area contributed by atoms with E-state index < -0.39 is 5.97 Å². The van der Waals surface area contributed by atoms with Crippen LogP contribution in [0.4, 0.5) is 0 Å². The molecule has 0 unspecified atom stereocenters. The van der Waals surface area contributed by atoms with Crippen LogP contribution in [0.1, 0.15) is 38.2 Å². The van der Waals surface area contributed by atoms with Crippen LogP contribution in [0.2, 0.25) is 0 Å². The van der Waals surface area contributed by atoms with E-state index in [1.54, 1.807) is 50.4 Å². The summed E-state index contributed by atoms with van der Waals surface area (Å²) in [4.78, 5) is 37.4. The van der Waals surface area contributed by atoms with Gasteiger partial charge < -0.3 is 28.4 Å². The molecule has 0 spiro atoms. The van der Waals surface area contributed by atoms with Crippen molar-refractivity contribution in [3.8, 4) is 51.3 Å². The maximum atomic E-state index is 12.9. The minimum atomic E-state index is -0.607. The molecule has 0 N–H and O–H groups in total. The Hall–Kier alpha value is -5.27. The Balaban J connectivity index is 1.03. The zero-order valence-corrected chi connectivity index (χ0v) is 28.2. The van der Waals surface area contributed by atoms with Crippen molar-refractivity contribution in [1.82, 2.24) is 0 Å². The monoisotopic (exact) mass is 676 g/mol. The smallest absolute Gasteiger partial charge is 0.389 e. The molecule has 258 valence electrons. The Labute approximate surface area is 292 Å². The fourth-order valence-corrected chi connectivity index (χ4v) is 5.56. The van der Waals surface area contributed by atoms with Gasteiger partial charge in [0.25, 0.3) is 0 Å². The van der Waals surface area contributed by atoms with Crippen molar-refractivity contribution < 1.29 is 42.8 Å². The highest BCUT2D eigenvalue weighted by Gasteiger charge is 2.32. The van der Waals surface area contributed by atoms with Crippen molar-refractivity contribution in [3.63, 3.8) is 0 Å². The van der Waals surface area contributed by atoms with Gasteiger partial charge in [-0.3, -0.25) is 9.59 Å². The van der Waals surface area contributed by atoms with E-state index in [-0.39, 0.29) is 30.6 Å². The van der Waals surface area contributed by atoms with Gasteiger partial charge in [0.05, 0.1) is 31.7 Å². The lowest BCUT2D eigenvalue weighted by Crippen LogP contribution is -2.30. The van der Waals surface area contributed by atoms with Crippen LogP contribution < -0.4 is 14.2 Å². The maximum Gasteiger partial charge on any atom is 0.389 e. The molecule has 50 heavy (non-hydrogen) atoms. The molecule has 0 aromatic heterocycles. The number of carbonyl (C=O) groups is 3. The second kappa shape index (κ2) is 18.5. The summed E-state index contributed by atoms with van der Waals surface area (Å²) >= 11 is 0. The van der Waals surface area contributed by atoms with Gasteiger partial charge in [0.2, 0.25) is 0 Å². The second-order valence-electron chi connectivity index (χ2n) is 11.8. The zero-order chi connectivity index (χ0) is 35.1. The molecule has 1 fully saturated rings. The van der Waals surface area contributed by atoms with Gasteiger partial charge in [-0.25, -0.2) is 4.79 Å². The predicted molar refractivity (Wildman–Crippen MR) is 187 cm³/mol. The van der Waals surface area contributed by atoms with E-state index in [2.05, 4.69) is 11.8 Å². The summed E-state index contributed by atoms with van der Waals surface area (Å²) in [6, 6.07) is 29.8. The molecule has 0 amide bonds. The lowest BCUT2D eigenvalue weighted by Gasteiger charge is -2.25. The fraction of sp³-hybridized carbons (Fsp3) is 0.293. The Kier molecular flexibility index (Phi) is 13.3. The first-order valence-corrected chi connectivity index (χ1v) is 16.5. The van der Waals surface area contributed by atoms with Gasteiger partial charge in [-0.05, 0) is 96.8 Å². The van der Waals surface area contributed by atoms with Crippen LogP contribution in [0.25, 0.3) is 22.3 Å². The largest absolute Gasteiger partial charge is 0.426 e. The first-order valence-electron chi connectivity index (χ1n) is 16.5. The molecule has 1 aliphatic rings. The van der Waals surface area contributed by atoms with E-state index in [1.807, 2.05) is 60.7 Å². The predicted octanol–water partition coefficient (Wildman–Crippen LogP) is 7.40. The molecule has 4 aromatic rings. The first kappa shape index (κ1) is 36.0. The summed E-state index contributed by atoms with van der Waals surface area (Å²) in [6.45, 7) is 3.27. The number of benzene rings is 4. The Morgan fingerprint density at radius 1 is 0.580 bits per heavy atom. The molecule has 4 aromatic carbocycles. The summed E-state index contributed by atoms with van der Waals surface area (Å²) < 4.78 is 32.3. The number of methoxy groups -OCH3 is 1. The SMILES string of the molecule is CC#CC(=O)Oc1ccc(-c2ccc(OC(=O)C3CCC(C(=O)Oc4ccc(-c5ccc(COCOCCOC)cc5)cc4)CC3)cc2)cc1. The molecule has 0 radical (unpaired) electrons. The second-order valence-corrected chi connectivity index (χ2v) is 11.8. The minimum Gasteiger partial charge on any atom is -0.426 e. The van der Waals surface area contributed by atoms with E-state index in [0.29, 0.717) is 62.8 Å². The van der Waals surface area contributed by atoms with Gasteiger partial charge in [-0.2, -0.15) is 0 Å². The van der Waals surface area contributed by atoms with Crippen LogP contribution in [-0.2, 0) is 35.2 Å². The molecule has 1 aliphatic carbocycles. The quantitative estimate of drug-likeness (QED) is 0.0337. The van der Waals surface area contributed by atoms with Gasteiger partial charge in [0, 0.05) is 13.0 Å². The van der Waals surface area contributed by atoms with Gasteiger partial charge in [-0.15, -0.1) is 0 Å². The molecule has 1 saturated carbocycles. The Morgan fingerprint density at radius 3 is 1.42 bits per heavy atom. The van der Waals surface area contributed by atoms with Crippen LogP contribution in [0.15, 0.2) is 97.1 Å². The summed E-state index contributed by atoms with van der Waals surface area (Å²) in [5.41, 5.74) is 4.92. The van der Waals surface area contributed by atoms with Gasteiger partial charge >= 0.3 is 17.9 Å². The fourth-order valence-electron chi connectivity index (χ4n) is 5.56. The number of esters is 3.